The van der Waals surface area contributed by atoms with E-state index in [2.05, 4.69) is 22.2 Å². The molecule has 1 amide bonds. The third kappa shape index (κ3) is 4.68. The lowest BCUT2D eigenvalue weighted by Gasteiger charge is -2.36. The van der Waals surface area contributed by atoms with Gasteiger partial charge in [0, 0.05) is 56.9 Å². The number of hydrogen-bond donors (Lipinski definition) is 1. The Labute approximate surface area is 196 Å². The molecule has 1 aromatic carbocycles. The van der Waals surface area contributed by atoms with Gasteiger partial charge in [-0.25, -0.2) is 0 Å². The standard InChI is InChI=1S/C24H29F3N6O/c1-5-31-10-12-32(13-11-31)21-7-6-18(24(25,26)27)15-20(21)28-23(34)19-14-16(2)33(17(19)3)22-8-9-30(4)29-22/h6-9,14-15H,5,10-13H2,1-4H3,(H,28,34). The van der Waals surface area contributed by atoms with Gasteiger partial charge in [-0.2, -0.15) is 18.3 Å². The maximum Gasteiger partial charge on any atom is 0.416 e. The van der Waals surface area contributed by atoms with E-state index in [1.54, 1.807) is 30.9 Å². The number of piperazine rings is 1. The maximum absolute atomic E-state index is 13.5. The number of aryl methyl sites for hydroxylation is 2. The average molecular weight is 475 g/mol. The second-order valence-electron chi connectivity index (χ2n) is 8.57. The zero-order chi connectivity index (χ0) is 24.6. The summed E-state index contributed by atoms with van der Waals surface area (Å²) < 4.78 is 43.9. The number of halogens is 3. The summed E-state index contributed by atoms with van der Waals surface area (Å²) in [5, 5.41) is 7.17. The number of anilines is 2. The molecule has 1 N–H and O–H groups in total. The van der Waals surface area contributed by atoms with E-state index in [-0.39, 0.29) is 5.69 Å². The van der Waals surface area contributed by atoms with E-state index < -0.39 is 17.6 Å². The quantitative estimate of drug-likeness (QED) is 0.601. The molecule has 0 atom stereocenters. The van der Waals surface area contributed by atoms with Crippen molar-refractivity contribution >= 4 is 17.3 Å². The van der Waals surface area contributed by atoms with Crippen LogP contribution in [0.2, 0.25) is 0 Å². The topological polar surface area (TPSA) is 58.3 Å². The van der Waals surface area contributed by atoms with Crippen LogP contribution in [0.4, 0.5) is 24.5 Å². The second kappa shape index (κ2) is 9.17. The zero-order valence-corrected chi connectivity index (χ0v) is 19.8. The molecule has 0 aliphatic carbocycles. The number of rotatable bonds is 5. The molecule has 3 heterocycles. The average Bonchev–Trinajstić information content (AvgIpc) is 3.35. The lowest BCUT2D eigenvalue weighted by molar-refractivity contribution is -0.137. The Morgan fingerprint density at radius 3 is 2.38 bits per heavy atom. The van der Waals surface area contributed by atoms with Gasteiger partial charge in [0.15, 0.2) is 5.82 Å². The molecule has 0 bridgehead atoms. The van der Waals surface area contributed by atoms with E-state index in [0.29, 0.717) is 35.9 Å². The number of amides is 1. The van der Waals surface area contributed by atoms with Gasteiger partial charge in [-0.1, -0.05) is 6.92 Å². The third-order valence-electron chi connectivity index (χ3n) is 6.34. The highest BCUT2D eigenvalue weighted by molar-refractivity contribution is 6.07. The SMILES string of the molecule is CCN1CCN(c2ccc(C(F)(F)F)cc2NC(=O)c2cc(C)n(-c3ccn(C)n3)c2C)CC1. The Balaban J connectivity index is 1.67. The number of benzene rings is 1. The van der Waals surface area contributed by atoms with Gasteiger partial charge in [0.05, 0.1) is 22.5 Å². The lowest BCUT2D eigenvalue weighted by Crippen LogP contribution is -2.46. The predicted octanol–water partition coefficient (Wildman–Crippen LogP) is 4.24. The fourth-order valence-electron chi connectivity index (χ4n) is 4.45. The van der Waals surface area contributed by atoms with Gasteiger partial charge < -0.3 is 19.7 Å². The van der Waals surface area contributed by atoms with Crippen molar-refractivity contribution < 1.29 is 18.0 Å². The highest BCUT2D eigenvalue weighted by Gasteiger charge is 2.32. The summed E-state index contributed by atoms with van der Waals surface area (Å²) in [6.07, 6.45) is -2.70. The predicted molar refractivity (Wildman–Crippen MR) is 126 cm³/mol. The first-order valence-electron chi connectivity index (χ1n) is 11.3. The van der Waals surface area contributed by atoms with E-state index in [1.165, 1.54) is 6.07 Å². The number of carbonyl (C=O) groups excluding carboxylic acids is 1. The van der Waals surface area contributed by atoms with Crippen LogP contribution in [0.15, 0.2) is 36.5 Å². The van der Waals surface area contributed by atoms with Gasteiger partial charge in [0.25, 0.3) is 5.91 Å². The van der Waals surface area contributed by atoms with Crippen LogP contribution in [0.3, 0.4) is 0 Å². The first-order valence-corrected chi connectivity index (χ1v) is 11.3. The van der Waals surface area contributed by atoms with E-state index in [0.717, 1.165) is 37.5 Å². The minimum absolute atomic E-state index is 0.160. The first-order chi connectivity index (χ1) is 16.1. The number of nitrogens with one attached hydrogen (secondary N) is 1. The Kier molecular flexibility index (Phi) is 6.44. The molecule has 1 aliphatic rings. The Bertz CT molecular complexity index is 1190. The molecule has 0 radical (unpaired) electrons. The molecule has 0 unspecified atom stereocenters. The first kappa shape index (κ1) is 23.9. The minimum Gasteiger partial charge on any atom is -0.367 e. The number of nitrogens with zero attached hydrogens (tertiary/aromatic N) is 5. The van der Waals surface area contributed by atoms with Gasteiger partial charge in [-0.05, 0) is 44.7 Å². The largest absolute Gasteiger partial charge is 0.416 e. The van der Waals surface area contributed by atoms with Crippen LogP contribution < -0.4 is 10.2 Å². The summed E-state index contributed by atoms with van der Waals surface area (Å²) in [4.78, 5) is 17.6. The highest BCUT2D eigenvalue weighted by atomic mass is 19.4. The van der Waals surface area contributed by atoms with Crippen molar-refractivity contribution in [2.45, 2.75) is 26.9 Å². The smallest absolute Gasteiger partial charge is 0.367 e. The fraction of sp³-hybridized carbons (Fsp3) is 0.417. The second-order valence-corrected chi connectivity index (χ2v) is 8.57. The third-order valence-corrected chi connectivity index (χ3v) is 6.34. The molecule has 1 saturated heterocycles. The monoisotopic (exact) mass is 474 g/mol. The van der Waals surface area contributed by atoms with Crippen LogP contribution in [0, 0.1) is 13.8 Å². The number of carbonyl (C=O) groups is 1. The molecule has 7 nitrogen and oxygen atoms in total. The van der Waals surface area contributed by atoms with Crippen molar-refractivity contribution in [2.24, 2.45) is 7.05 Å². The molecular formula is C24H29F3N6O. The molecule has 1 aliphatic heterocycles. The van der Waals surface area contributed by atoms with Crippen molar-refractivity contribution in [3.05, 3.63) is 59.0 Å². The minimum atomic E-state index is -4.51. The number of likely N-dealkylation sites (N-methyl/N-ethyl adjacent to an activating group) is 1. The number of alkyl halides is 3. The Morgan fingerprint density at radius 2 is 1.79 bits per heavy atom. The normalized spacial score (nSPS) is 15.1. The highest BCUT2D eigenvalue weighted by Crippen LogP contribution is 2.36. The van der Waals surface area contributed by atoms with Crippen LogP contribution in [0.5, 0.6) is 0 Å². The van der Waals surface area contributed by atoms with Crippen LogP contribution in [-0.2, 0) is 13.2 Å². The Hall–Kier alpha value is -3.27. The van der Waals surface area contributed by atoms with Crippen LogP contribution >= 0.6 is 0 Å². The zero-order valence-electron chi connectivity index (χ0n) is 19.8. The fourth-order valence-corrected chi connectivity index (χ4v) is 4.45. The summed E-state index contributed by atoms with van der Waals surface area (Å²) in [6.45, 7) is 9.66. The molecule has 182 valence electrons. The number of aromatic nitrogens is 3. The van der Waals surface area contributed by atoms with Crippen molar-refractivity contribution in [1.29, 1.82) is 0 Å². The molecule has 10 heteroatoms. The molecule has 4 rings (SSSR count). The van der Waals surface area contributed by atoms with Crippen molar-refractivity contribution in [3.63, 3.8) is 0 Å². The molecule has 2 aromatic heterocycles. The molecule has 34 heavy (non-hydrogen) atoms. The molecule has 0 spiro atoms. The molecule has 3 aromatic rings. The van der Waals surface area contributed by atoms with Crippen molar-refractivity contribution in [3.8, 4) is 5.82 Å². The van der Waals surface area contributed by atoms with Crippen molar-refractivity contribution in [1.82, 2.24) is 19.2 Å². The molecule has 1 fully saturated rings. The van der Waals surface area contributed by atoms with Gasteiger partial charge in [0.2, 0.25) is 0 Å². The van der Waals surface area contributed by atoms with Crippen LogP contribution in [0.1, 0.15) is 34.2 Å². The van der Waals surface area contributed by atoms with E-state index in [1.807, 2.05) is 22.5 Å². The van der Waals surface area contributed by atoms with Crippen molar-refractivity contribution in [2.75, 3.05) is 42.9 Å². The lowest BCUT2D eigenvalue weighted by atomic mass is 10.1. The summed E-state index contributed by atoms with van der Waals surface area (Å²) in [6, 6.07) is 7.12. The van der Waals surface area contributed by atoms with Gasteiger partial charge in [-0.3, -0.25) is 9.48 Å². The number of hydrogen-bond acceptors (Lipinski definition) is 4. The molecular weight excluding hydrogens is 445 g/mol. The maximum atomic E-state index is 13.5. The van der Waals surface area contributed by atoms with Crippen LogP contribution in [-0.4, -0.2) is 57.9 Å². The summed E-state index contributed by atoms with van der Waals surface area (Å²) in [5.74, 6) is 0.216. The van der Waals surface area contributed by atoms with Crippen LogP contribution in [0.25, 0.3) is 5.82 Å². The molecule has 0 saturated carbocycles. The van der Waals surface area contributed by atoms with Gasteiger partial charge in [0.1, 0.15) is 0 Å². The Morgan fingerprint density at radius 1 is 1.09 bits per heavy atom. The summed E-state index contributed by atoms with van der Waals surface area (Å²) >= 11 is 0. The van der Waals surface area contributed by atoms with E-state index in [9.17, 15) is 18.0 Å². The van der Waals surface area contributed by atoms with E-state index in [4.69, 9.17) is 0 Å². The van der Waals surface area contributed by atoms with Gasteiger partial charge in [-0.15, -0.1) is 0 Å². The summed E-state index contributed by atoms with van der Waals surface area (Å²) in [7, 11) is 1.81. The van der Waals surface area contributed by atoms with E-state index >= 15 is 0 Å². The summed E-state index contributed by atoms with van der Waals surface area (Å²) in [5.41, 5.74) is 1.82. The van der Waals surface area contributed by atoms with Gasteiger partial charge >= 0.3 is 6.18 Å².